The molecule has 0 bridgehead atoms. The van der Waals surface area contributed by atoms with Crippen molar-refractivity contribution in [1.29, 1.82) is 10.5 Å². The van der Waals surface area contributed by atoms with E-state index in [0.717, 1.165) is 33.2 Å². The highest BCUT2D eigenvalue weighted by Gasteiger charge is 2.24. The molecule has 1 unspecified atom stereocenters. The Labute approximate surface area is 382 Å². The molecule has 64 heavy (non-hydrogen) atoms. The first-order chi connectivity index (χ1) is 30.8. The highest BCUT2D eigenvalue weighted by atomic mass is 35.5. The zero-order chi connectivity index (χ0) is 45.5. The van der Waals surface area contributed by atoms with Crippen LogP contribution in [0, 0.1) is 28.5 Å². The average Bonchev–Trinajstić information content (AvgIpc) is 3.91. The van der Waals surface area contributed by atoms with Crippen molar-refractivity contribution in [3.8, 4) is 23.6 Å². The van der Waals surface area contributed by atoms with Crippen LogP contribution < -0.4 is 15.4 Å². The number of phenols is 1. The number of aromatic nitrogens is 3. The van der Waals surface area contributed by atoms with Gasteiger partial charge in [-0.3, -0.25) is 14.8 Å². The molecule has 2 heterocycles. The number of hydrogen-bond acceptors (Lipinski definition) is 14. The number of anilines is 3. The van der Waals surface area contributed by atoms with Gasteiger partial charge in [0, 0.05) is 23.1 Å². The number of nitrogens with zero attached hydrogens (tertiary/aromatic N) is 7. The van der Waals surface area contributed by atoms with Crippen molar-refractivity contribution in [3.05, 3.63) is 135 Å². The van der Waals surface area contributed by atoms with Crippen LogP contribution in [0.25, 0.3) is 15.9 Å². The van der Waals surface area contributed by atoms with Gasteiger partial charge in [-0.05, 0) is 60.2 Å². The second-order valence-electron chi connectivity index (χ2n) is 13.2. The van der Waals surface area contributed by atoms with Crippen molar-refractivity contribution in [3.63, 3.8) is 0 Å². The Morgan fingerprint density at radius 2 is 1.73 bits per heavy atom. The number of phenolic OH excluding ortho intramolecular Hbond substituents is 1. The van der Waals surface area contributed by atoms with Gasteiger partial charge in [-0.15, -0.1) is 21.6 Å². The maximum atomic E-state index is 14.5. The lowest BCUT2D eigenvalue weighted by atomic mass is 10.2. The number of thioether (sulfide) groups is 1. The second kappa shape index (κ2) is 19.5. The Kier molecular flexibility index (Phi) is 13.7. The molecule has 16 nitrogen and oxygen atoms in total. The molecule has 322 valence electrons. The molecule has 0 radical (unpaired) electrons. The fourth-order valence-corrected chi connectivity index (χ4v) is 9.73. The molecule has 0 saturated carbocycles. The summed E-state index contributed by atoms with van der Waals surface area (Å²) in [6.45, 7) is 1.41. The number of ether oxygens (including phenoxy) is 1. The number of amides is 2. The van der Waals surface area contributed by atoms with Crippen LogP contribution in [0.3, 0.4) is 0 Å². The lowest BCUT2D eigenvalue weighted by molar-refractivity contribution is -0.115. The summed E-state index contributed by atoms with van der Waals surface area (Å²) in [5.41, 5.74) is 1.47. The minimum atomic E-state index is -4.35. The number of nitriles is 2. The van der Waals surface area contributed by atoms with Crippen molar-refractivity contribution < 1.29 is 32.2 Å². The summed E-state index contributed by atoms with van der Waals surface area (Å²) < 4.78 is 51.5. The number of hydrogen-bond donors (Lipinski definition) is 4. The van der Waals surface area contributed by atoms with E-state index in [2.05, 4.69) is 41.7 Å². The fourth-order valence-electron chi connectivity index (χ4n) is 5.77. The monoisotopic (exact) mass is 954 g/mol. The number of benzene rings is 5. The Morgan fingerprint density at radius 3 is 2.47 bits per heavy atom. The van der Waals surface area contributed by atoms with Gasteiger partial charge in [0.15, 0.2) is 17.4 Å². The van der Waals surface area contributed by atoms with Crippen LogP contribution >= 0.6 is 46.3 Å². The van der Waals surface area contributed by atoms with Crippen LogP contribution in [0.15, 0.2) is 123 Å². The number of fused-ring (bicyclic) bond motifs is 1. The number of carbonyl (C=O) groups is 2. The number of halogens is 3. The first kappa shape index (κ1) is 45.0. The Hall–Kier alpha value is -7.07. The summed E-state index contributed by atoms with van der Waals surface area (Å²) >= 11 is 15.8. The third kappa shape index (κ3) is 10.2. The van der Waals surface area contributed by atoms with E-state index >= 15 is 0 Å². The molecule has 4 N–H and O–H groups in total. The average molecular weight is 956 g/mol. The number of azo groups is 1. The molecule has 2 amide bonds. The standard InChI is InChI=1S/C42H29Cl2FN10O6S3/c1-2-38(56)49-32-16-26(15-29(45)39(32)57)52-53-40-24(19-46)21-48-55(40)33-17-28(44)37(18-27(33)43)64(59,60)54-25-13-11-23(12-14-25)22-61-42(58)51-31-8-4-5-9-34(31)62-36(20-47)41-50-30-7-3-6-10-35(30)63-41/h3-18,21,36,54,57H,2,22H2,1H3,(H,49,56)(H,51,58). The molecule has 0 saturated heterocycles. The smallest absolute Gasteiger partial charge is 0.411 e. The molecular weight excluding hydrogens is 927 g/mol. The molecule has 0 spiro atoms. The van der Waals surface area contributed by atoms with E-state index in [1.54, 1.807) is 43.3 Å². The largest absolute Gasteiger partial charge is 0.503 e. The minimum Gasteiger partial charge on any atom is -0.503 e. The summed E-state index contributed by atoms with van der Waals surface area (Å²) in [5, 5.41) is 46.5. The van der Waals surface area contributed by atoms with Crippen molar-refractivity contribution in [2.45, 2.75) is 35.0 Å². The van der Waals surface area contributed by atoms with E-state index in [1.165, 1.54) is 47.4 Å². The number of nitrogens with one attached hydrogen (secondary N) is 3. The Bertz CT molecular complexity index is 3140. The van der Waals surface area contributed by atoms with Crippen molar-refractivity contribution in [2.75, 3.05) is 15.4 Å². The van der Waals surface area contributed by atoms with Crippen LogP contribution in [-0.2, 0) is 26.2 Å². The predicted octanol–water partition coefficient (Wildman–Crippen LogP) is 11.2. The molecule has 0 aliphatic rings. The number of para-hydroxylation sites is 2. The Balaban J connectivity index is 0.999. The van der Waals surface area contributed by atoms with Crippen LogP contribution in [0.5, 0.6) is 5.75 Å². The molecule has 0 fully saturated rings. The summed E-state index contributed by atoms with van der Waals surface area (Å²) in [7, 11) is -4.35. The minimum absolute atomic E-state index is 0.0142. The summed E-state index contributed by atoms with van der Waals surface area (Å²) in [5.74, 6) is -2.57. The van der Waals surface area contributed by atoms with E-state index in [4.69, 9.17) is 27.9 Å². The van der Waals surface area contributed by atoms with Crippen LogP contribution in [-0.4, -0.2) is 40.3 Å². The van der Waals surface area contributed by atoms with Gasteiger partial charge in [0.25, 0.3) is 10.0 Å². The zero-order valence-corrected chi connectivity index (χ0v) is 36.7. The summed E-state index contributed by atoms with van der Waals surface area (Å²) in [4.78, 5) is 29.6. The molecule has 5 aromatic carbocycles. The number of thiazole rings is 1. The molecule has 0 aliphatic heterocycles. The molecule has 7 aromatic rings. The lowest BCUT2D eigenvalue weighted by Gasteiger charge is -2.14. The third-order valence-electron chi connectivity index (χ3n) is 8.88. The number of rotatable bonds is 14. The molecule has 2 aromatic heterocycles. The highest BCUT2D eigenvalue weighted by molar-refractivity contribution is 8.00. The van der Waals surface area contributed by atoms with E-state index < -0.39 is 43.7 Å². The van der Waals surface area contributed by atoms with Gasteiger partial charge in [-0.25, -0.2) is 27.3 Å². The van der Waals surface area contributed by atoms with Gasteiger partial charge >= 0.3 is 6.09 Å². The molecule has 0 aliphatic carbocycles. The highest BCUT2D eigenvalue weighted by Crippen LogP contribution is 2.41. The van der Waals surface area contributed by atoms with Crippen molar-refractivity contribution in [2.24, 2.45) is 10.2 Å². The van der Waals surface area contributed by atoms with Crippen molar-refractivity contribution in [1.82, 2.24) is 14.8 Å². The molecule has 22 heteroatoms. The topological polar surface area (TPSA) is 237 Å². The quantitative estimate of drug-likeness (QED) is 0.0454. The van der Waals surface area contributed by atoms with E-state index in [1.807, 2.05) is 30.3 Å². The first-order valence-electron chi connectivity index (χ1n) is 18.5. The predicted molar refractivity (Wildman–Crippen MR) is 241 cm³/mol. The number of carbonyl (C=O) groups excluding carboxylic acids is 2. The number of sulfonamides is 1. The zero-order valence-electron chi connectivity index (χ0n) is 32.8. The van der Waals surface area contributed by atoms with Gasteiger partial charge in [-0.1, -0.05) is 78.3 Å². The number of aromatic hydroxyl groups is 1. The summed E-state index contributed by atoms with van der Waals surface area (Å²) in [6, 6.07) is 29.1. The Morgan fingerprint density at radius 1 is 0.984 bits per heavy atom. The second-order valence-corrected chi connectivity index (χ2v) is 17.9. The van der Waals surface area contributed by atoms with Crippen LogP contribution in [0.1, 0.15) is 34.7 Å². The maximum Gasteiger partial charge on any atom is 0.411 e. The van der Waals surface area contributed by atoms with Gasteiger partial charge in [0.1, 0.15) is 33.4 Å². The van der Waals surface area contributed by atoms with Gasteiger partial charge in [0.05, 0.1) is 55.3 Å². The van der Waals surface area contributed by atoms with Gasteiger partial charge in [-0.2, -0.15) is 15.6 Å². The van der Waals surface area contributed by atoms with E-state index in [9.17, 15) is 38.0 Å². The normalized spacial score (nSPS) is 11.8. The van der Waals surface area contributed by atoms with Gasteiger partial charge in [0.2, 0.25) is 5.91 Å². The molecule has 1 atom stereocenters. The van der Waals surface area contributed by atoms with Crippen LogP contribution in [0.4, 0.5) is 37.8 Å². The molecule has 7 rings (SSSR count). The molecular formula is C42H29Cl2FN10O6S3. The van der Waals surface area contributed by atoms with E-state index in [0.29, 0.717) is 21.2 Å². The van der Waals surface area contributed by atoms with Gasteiger partial charge < -0.3 is 15.2 Å². The van der Waals surface area contributed by atoms with Crippen molar-refractivity contribution >= 4 is 107 Å². The fraction of sp³-hybridized carbons (Fsp3) is 0.0952. The maximum absolute atomic E-state index is 14.5. The SMILES string of the molecule is CCC(=O)Nc1cc(N=Nc2c(C#N)cnn2-c2cc(Cl)c(S(=O)(=O)Nc3ccc(COC(=O)Nc4ccccc4SC(C#N)c4nc5ccccc5s4)cc3)cc2Cl)cc(F)c1O. The summed E-state index contributed by atoms with van der Waals surface area (Å²) in [6.07, 6.45) is 0.450. The third-order valence-corrected chi connectivity index (χ3v) is 13.5. The van der Waals surface area contributed by atoms with E-state index in [-0.39, 0.29) is 57.2 Å². The van der Waals surface area contributed by atoms with Crippen LogP contribution in [0.2, 0.25) is 10.0 Å². The first-order valence-corrected chi connectivity index (χ1v) is 22.5. The lowest BCUT2D eigenvalue weighted by Crippen LogP contribution is -2.15.